The lowest BCUT2D eigenvalue weighted by Gasteiger charge is -2.21. The number of unbranched alkanes of at least 4 members (excludes halogenated alkanes) is 39. The van der Waals surface area contributed by atoms with E-state index in [9.17, 15) is 43.2 Å². The molecule has 0 bridgehead atoms. The van der Waals surface area contributed by atoms with E-state index in [1.54, 1.807) is 0 Å². The van der Waals surface area contributed by atoms with Crippen molar-refractivity contribution in [2.75, 3.05) is 39.6 Å². The van der Waals surface area contributed by atoms with Crippen LogP contribution in [0.15, 0.2) is 0 Å². The van der Waals surface area contributed by atoms with Gasteiger partial charge in [0.15, 0.2) is 12.2 Å². The van der Waals surface area contributed by atoms with Crippen molar-refractivity contribution in [2.24, 2.45) is 5.92 Å². The lowest BCUT2D eigenvalue weighted by atomic mass is 10.0. The molecule has 3 N–H and O–H groups in total. The van der Waals surface area contributed by atoms with Crippen molar-refractivity contribution in [1.82, 2.24) is 0 Å². The molecule has 0 aromatic carbocycles. The number of ether oxygens (including phenoxy) is 4. The van der Waals surface area contributed by atoms with Crippen LogP contribution in [0.1, 0.15) is 343 Å². The number of rotatable bonds is 67. The predicted molar refractivity (Wildman–Crippen MR) is 345 cm³/mol. The van der Waals surface area contributed by atoms with E-state index < -0.39 is 97.5 Å². The van der Waals surface area contributed by atoms with E-state index in [-0.39, 0.29) is 25.7 Å². The van der Waals surface area contributed by atoms with Crippen molar-refractivity contribution in [3.63, 3.8) is 0 Å². The molecule has 0 spiro atoms. The minimum Gasteiger partial charge on any atom is -0.462 e. The zero-order chi connectivity index (χ0) is 63.5. The first-order valence-corrected chi connectivity index (χ1v) is 38.1. The van der Waals surface area contributed by atoms with Gasteiger partial charge >= 0.3 is 39.5 Å². The molecule has 17 nitrogen and oxygen atoms in total. The number of hydrogen-bond donors (Lipinski definition) is 3. The SMILES string of the molecule is CCCCCCCCCCCCCCCCCCCCC(=O)O[C@H](COC(=O)CCCCCCCCCCCC(C)C)COP(=O)(O)OC[C@@H](O)COP(=O)(O)OC[C@@H](COC(=O)CCCCCCC)OC(=O)CCCCCCCCCCCCC. The van der Waals surface area contributed by atoms with Crippen LogP contribution < -0.4 is 0 Å². The van der Waals surface area contributed by atoms with E-state index in [0.717, 1.165) is 102 Å². The minimum absolute atomic E-state index is 0.106. The largest absolute Gasteiger partial charge is 0.472 e. The number of esters is 4. The van der Waals surface area contributed by atoms with Gasteiger partial charge in [0.1, 0.15) is 19.3 Å². The molecule has 19 heteroatoms. The second-order valence-corrected chi connectivity index (χ2v) is 27.6. The normalized spacial score (nSPS) is 14.2. The topological polar surface area (TPSA) is 237 Å². The predicted octanol–water partition coefficient (Wildman–Crippen LogP) is 19.0. The van der Waals surface area contributed by atoms with E-state index in [1.165, 1.54) is 161 Å². The van der Waals surface area contributed by atoms with Gasteiger partial charge in [-0.2, -0.15) is 0 Å². The second-order valence-electron chi connectivity index (χ2n) is 24.7. The molecule has 0 aliphatic carbocycles. The molecule has 0 saturated heterocycles. The van der Waals surface area contributed by atoms with Gasteiger partial charge in [-0.3, -0.25) is 37.3 Å². The summed E-state index contributed by atoms with van der Waals surface area (Å²) in [5, 5.41) is 10.5. The van der Waals surface area contributed by atoms with Gasteiger partial charge in [0.25, 0.3) is 0 Å². The molecule has 0 saturated carbocycles. The van der Waals surface area contributed by atoms with Crippen LogP contribution in [0.25, 0.3) is 0 Å². The molecule has 0 fully saturated rings. The third-order valence-electron chi connectivity index (χ3n) is 15.5. The number of phosphoric acid groups is 2. The molecule has 0 aliphatic rings. The van der Waals surface area contributed by atoms with E-state index in [1.807, 2.05) is 0 Å². The Morgan fingerprint density at radius 1 is 0.314 bits per heavy atom. The van der Waals surface area contributed by atoms with Gasteiger partial charge in [0, 0.05) is 25.7 Å². The van der Waals surface area contributed by atoms with Gasteiger partial charge in [-0.15, -0.1) is 0 Å². The van der Waals surface area contributed by atoms with Crippen LogP contribution in [-0.4, -0.2) is 96.7 Å². The quantitative estimate of drug-likeness (QED) is 0.0222. The van der Waals surface area contributed by atoms with Gasteiger partial charge in [-0.1, -0.05) is 291 Å². The lowest BCUT2D eigenvalue weighted by molar-refractivity contribution is -0.161. The molecule has 2 unspecified atom stereocenters. The highest BCUT2D eigenvalue weighted by Crippen LogP contribution is 2.45. The first kappa shape index (κ1) is 84.1. The highest BCUT2D eigenvalue weighted by atomic mass is 31.2. The molecular formula is C67H130O17P2. The van der Waals surface area contributed by atoms with Crippen molar-refractivity contribution in [2.45, 2.75) is 361 Å². The summed E-state index contributed by atoms with van der Waals surface area (Å²) in [7, 11) is -9.88. The summed E-state index contributed by atoms with van der Waals surface area (Å²) in [6.45, 7) is 7.11. The summed E-state index contributed by atoms with van der Waals surface area (Å²) in [5.41, 5.74) is 0. The third kappa shape index (κ3) is 60.9. The molecule has 5 atom stereocenters. The molecular weight excluding hydrogens is 1140 g/mol. The summed E-state index contributed by atoms with van der Waals surface area (Å²) in [6, 6.07) is 0. The van der Waals surface area contributed by atoms with Crippen LogP contribution in [0.2, 0.25) is 0 Å². The van der Waals surface area contributed by atoms with Crippen LogP contribution in [0.3, 0.4) is 0 Å². The Hall–Kier alpha value is -1.94. The highest BCUT2D eigenvalue weighted by Gasteiger charge is 2.30. The fourth-order valence-electron chi connectivity index (χ4n) is 10.1. The lowest BCUT2D eigenvalue weighted by Crippen LogP contribution is -2.30. The maximum absolute atomic E-state index is 13.0. The van der Waals surface area contributed by atoms with Crippen molar-refractivity contribution in [3.05, 3.63) is 0 Å². The summed E-state index contributed by atoms with van der Waals surface area (Å²) in [4.78, 5) is 72.1. The van der Waals surface area contributed by atoms with E-state index >= 15 is 0 Å². The summed E-state index contributed by atoms with van der Waals surface area (Å²) < 4.78 is 67.9. The molecule has 0 radical (unpaired) electrons. The zero-order valence-corrected chi connectivity index (χ0v) is 57.2. The third-order valence-corrected chi connectivity index (χ3v) is 17.4. The molecule has 0 aromatic heterocycles. The Labute approximate surface area is 524 Å². The van der Waals surface area contributed by atoms with Gasteiger partial charge in [0.05, 0.1) is 26.4 Å². The Bertz CT molecular complexity index is 1670. The van der Waals surface area contributed by atoms with Crippen molar-refractivity contribution >= 4 is 39.5 Å². The standard InChI is InChI=1S/C67H130O17P2/c1-6-9-12-15-17-19-21-22-23-24-25-26-27-29-33-38-43-48-53-67(72)84-63(57-78-65(70)51-46-41-36-34-30-31-35-40-44-49-60(4)5)59-82-86(75,76)80-55-61(68)54-79-85(73,74)81-58-62(56-77-64(69)50-45-39-14-11-8-3)83-66(71)52-47-42-37-32-28-20-18-16-13-10-7-2/h60-63,68H,6-59H2,1-5H3,(H,73,74)(H,75,76)/t61-,62+,63+/m0/s1. The molecule has 510 valence electrons. The van der Waals surface area contributed by atoms with Crippen molar-refractivity contribution in [1.29, 1.82) is 0 Å². The Morgan fingerprint density at radius 3 is 0.791 bits per heavy atom. The van der Waals surface area contributed by atoms with Crippen LogP contribution in [-0.2, 0) is 65.4 Å². The summed E-state index contributed by atoms with van der Waals surface area (Å²) in [6.07, 6.45) is 46.2. The zero-order valence-electron chi connectivity index (χ0n) is 55.4. The van der Waals surface area contributed by atoms with Crippen molar-refractivity contribution < 1.29 is 80.2 Å². The molecule has 86 heavy (non-hydrogen) atoms. The van der Waals surface area contributed by atoms with Gasteiger partial charge < -0.3 is 33.8 Å². The van der Waals surface area contributed by atoms with Gasteiger partial charge in [-0.25, -0.2) is 9.13 Å². The first-order chi connectivity index (χ1) is 41.5. The van der Waals surface area contributed by atoms with Gasteiger partial charge in [-0.05, 0) is 31.6 Å². The summed E-state index contributed by atoms with van der Waals surface area (Å²) in [5.74, 6) is -1.39. The minimum atomic E-state index is -4.95. The van der Waals surface area contributed by atoms with Gasteiger partial charge in [0.2, 0.25) is 0 Å². The van der Waals surface area contributed by atoms with Crippen LogP contribution >= 0.6 is 15.6 Å². The number of phosphoric ester groups is 2. The first-order valence-electron chi connectivity index (χ1n) is 35.1. The van der Waals surface area contributed by atoms with Crippen LogP contribution in [0.4, 0.5) is 0 Å². The van der Waals surface area contributed by atoms with E-state index in [0.29, 0.717) is 25.7 Å². The molecule has 0 aliphatic heterocycles. The number of hydrogen-bond acceptors (Lipinski definition) is 15. The van der Waals surface area contributed by atoms with Crippen LogP contribution in [0.5, 0.6) is 0 Å². The average molecular weight is 1270 g/mol. The fourth-order valence-corrected chi connectivity index (χ4v) is 11.7. The highest BCUT2D eigenvalue weighted by molar-refractivity contribution is 7.47. The number of carbonyl (C=O) groups is 4. The van der Waals surface area contributed by atoms with E-state index in [2.05, 4.69) is 34.6 Å². The number of aliphatic hydroxyl groups is 1. The molecule has 0 heterocycles. The molecule has 0 rings (SSSR count). The monoisotopic (exact) mass is 1270 g/mol. The Kier molecular flexibility index (Phi) is 59.2. The Balaban J connectivity index is 5.14. The van der Waals surface area contributed by atoms with E-state index in [4.69, 9.17) is 37.0 Å². The maximum atomic E-state index is 13.0. The van der Waals surface area contributed by atoms with Crippen molar-refractivity contribution in [3.8, 4) is 0 Å². The average Bonchev–Trinajstić information content (AvgIpc) is 3.69. The fraction of sp³-hybridized carbons (Fsp3) is 0.940. The smallest absolute Gasteiger partial charge is 0.462 e. The summed E-state index contributed by atoms with van der Waals surface area (Å²) >= 11 is 0. The second kappa shape index (κ2) is 60.6. The molecule has 0 aromatic rings. The number of carbonyl (C=O) groups excluding carboxylic acids is 4. The maximum Gasteiger partial charge on any atom is 0.472 e. The number of aliphatic hydroxyl groups excluding tert-OH is 1. The Morgan fingerprint density at radius 2 is 0.535 bits per heavy atom. The molecule has 0 amide bonds. The van der Waals surface area contributed by atoms with Crippen LogP contribution in [0, 0.1) is 5.92 Å².